The SMILES string of the molecule is CCC(CC)(CNCC1CCN(C)CC1)NC(=O)OC(C)(C)C. The zero-order chi connectivity index (χ0) is 17.5. The second-order valence-electron chi connectivity index (χ2n) is 7.99. The molecular weight excluding hydrogens is 290 g/mol. The second kappa shape index (κ2) is 8.88. The molecule has 136 valence electrons. The van der Waals surface area contributed by atoms with Crippen LogP contribution < -0.4 is 10.6 Å². The average molecular weight is 328 g/mol. The van der Waals surface area contributed by atoms with Crippen molar-refractivity contribution in [2.45, 2.75) is 71.4 Å². The van der Waals surface area contributed by atoms with E-state index >= 15 is 0 Å². The van der Waals surface area contributed by atoms with E-state index in [4.69, 9.17) is 4.74 Å². The van der Waals surface area contributed by atoms with Crippen LogP contribution in [0.2, 0.25) is 0 Å². The van der Waals surface area contributed by atoms with Crippen LogP contribution >= 0.6 is 0 Å². The molecule has 1 aliphatic rings. The monoisotopic (exact) mass is 327 g/mol. The summed E-state index contributed by atoms with van der Waals surface area (Å²) in [7, 11) is 2.19. The lowest BCUT2D eigenvalue weighted by atomic mass is 9.91. The fraction of sp³-hybridized carbons (Fsp3) is 0.944. The van der Waals surface area contributed by atoms with Gasteiger partial charge in [0, 0.05) is 6.54 Å². The summed E-state index contributed by atoms with van der Waals surface area (Å²) in [6, 6.07) is 0. The van der Waals surface area contributed by atoms with Crippen molar-refractivity contribution < 1.29 is 9.53 Å². The van der Waals surface area contributed by atoms with Gasteiger partial charge in [-0.1, -0.05) is 13.8 Å². The Morgan fingerprint density at radius 1 is 1.17 bits per heavy atom. The molecule has 2 N–H and O–H groups in total. The molecular formula is C18H37N3O2. The average Bonchev–Trinajstić information content (AvgIpc) is 2.46. The lowest BCUT2D eigenvalue weighted by molar-refractivity contribution is 0.0445. The predicted octanol–water partition coefficient (Wildman–Crippen LogP) is 3.00. The van der Waals surface area contributed by atoms with Gasteiger partial charge in [-0.05, 0) is 79.1 Å². The molecule has 0 saturated carbocycles. The van der Waals surface area contributed by atoms with Crippen LogP contribution in [0.4, 0.5) is 4.79 Å². The molecule has 1 aliphatic heterocycles. The van der Waals surface area contributed by atoms with Gasteiger partial charge in [0.25, 0.3) is 0 Å². The number of carbonyl (C=O) groups excluding carboxylic acids is 1. The lowest BCUT2D eigenvalue weighted by Crippen LogP contribution is -2.55. The maximum atomic E-state index is 12.1. The van der Waals surface area contributed by atoms with Crippen LogP contribution in [0.5, 0.6) is 0 Å². The summed E-state index contributed by atoms with van der Waals surface area (Å²) < 4.78 is 5.42. The van der Waals surface area contributed by atoms with Crippen molar-refractivity contribution in [1.29, 1.82) is 0 Å². The maximum absolute atomic E-state index is 12.1. The van der Waals surface area contributed by atoms with Crippen LogP contribution in [0.3, 0.4) is 0 Å². The van der Waals surface area contributed by atoms with E-state index in [0.717, 1.165) is 31.8 Å². The highest BCUT2D eigenvalue weighted by Crippen LogP contribution is 2.18. The zero-order valence-electron chi connectivity index (χ0n) is 16.0. The van der Waals surface area contributed by atoms with Crippen LogP contribution in [0.25, 0.3) is 0 Å². The van der Waals surface area contributed by atoms with Gasteiger partial charge in [0.1, 0.15) is 5.60 Å². The number of nitrogens with one attached hydrogen (secondary N) is 2. The molecule has 1 saturated heterocycles. The molecule has 1 amide bonds. The van der Waals surface area contributed by atoms with Crippen LogP contribution in [0, 0.1) is 5.92 Å². The molecule has 0 bridgehead atoms. The Labute approximate surface area is 142 Å². The zero-order valence-corrected chi connectivity index (χ0v) is 16.0. The van der Waals surface area contributed by atoms with Crippen molar-refractivity contribution in [1.82, 2.24) is 15.5 Å². The maximum Gasteiger partial charge on any atom is 0.408 e. The summed E-state index contributed by atoms with van der Waals surface area (Å²) in [5.74, 6) is 0.749. The van der Waals surface area contributed by atoms with Gasteiger partial charge < -0.3 is 20.3 Å². The van der Waals surface area contributed by atoms with E-state index in [-0.39, 0.29) is 11.6 Å². The summed E-state index contributed by atoms with van der Waals surface area (Å²) in [4.78, 5) is 14.5. The molecule has 1 rings (SSSR count). The first-order chi connectivity index (χ1) is 10.7. The van der Waals surface area contributed by atoms with Crippen LogP contribution in [0.15, 0.2) is 0 Å². The van der Waals surface area contributed by atoms with Gasteiger partial charge in [-0.15, -0.1) is 0 Å². The number of rotatable bonds is 7. The highest BCUT2D eigenvalue weighted by molar-refractivity contribution is 5.68. The number of hydrogen-bond donors (Lipinski definition) is 2. The van der Waals surface area contributed by atoms with E-state index in [1.807, 2.05) is 20.8 Å². The number of nitrogens with zero attached hydrogens (tertiary/aromatic N) is 1. The largest absolute Gasteiger partial charge is 0.444 e. The number of amides is 1. The fourth-order valence-corrected chi connectivity index (χ4v) is 3.02. The summed E-state index contributed by atoms with van der Waals surface area (Å²) in [6.07, 6.45) is 3.98. The lowest BCUT2D eigenvalue weighted by Gasteiger charge is -2.35. The predicted molar refractivity (Wildman–Crippen MR) is 95.8 cm³/mol. The Morgan fingerprint density at radius 2 is 1.74 bits per heavy atom. The topological polar surface area (TPSA) is 53.6 Å². The van der Waals surface area contributed by atoms with Gasteiger partial charge in [-0.3, -0.25) is 0 Å². The number of likely N-dealkylation sites (tertiary alicyclic amines) is 1. The van der Waals surface area contributed by atoms with Gasteiger partial charge in [-0.2, -0.15) is 0 Å². The first kappa shape index (κ1) is 20.2. The highest BCUT2D eigenvalue weighted by Gasteiger charge is 2.30. The van der Waals surface area contributed by atoms with Gasteiger partial charge in [0.2, 0.25) is 0 Å². The van der Waals surface area contributed by atoms with Crippen LogP contribution in [-0.2, 0) is 4.74 Å². The van der Waals surface area contributed by atoms with Crippen molar-refractivity contribution in [2.75, 3.05) is 33.2 Å². The number of ether oxygens (including phenoxy) is 1. The molecule has 0 unspecified atom stereocenters. The number of alkyl carbamates (subject to hydrolysis) is 1. The third kappa shape index (κ3) is 7.53. The van der Waals surface area contributed by atoms with Gasteiger partial charge >= 0.3 is 6.09 Å². The minimum absolute atomic E-state index is 0.228. The Bertz CT molecular complexity index is 354. The molecule has 1 fully saturated rings. The van der Waals surface area contributed by atoms with E-state index in [1.54, 1.807) is 0 Å². The van der Waals surface area contributed by atoms with E-state index in [1.165, 1.54) is 25.9 Å². The smallest absolute Gasteiger partial charge is 0.408 e. The fourth-order valence-electron chi connectivity index (χ4n) is 3.02. The number of piperidine rings is 1. The van der Waals surface area contributed by atoms with Crippen molar-refractivity contribution >= 4 is 6.09 Å². The Kier molecular flexibility index (Phi) is 7.81. The van der Waals surface area contributed by atoms with Crippen LogP contribution in [-0.4, -0.2) is 55.4 Å². The third-order valence-corrected chi connectivity index (χ3v) is 4.85. The molecule has 0 radical (unpaired) electrons. The Morgan fingerprint density at radius 3 is 2.22 bits per heavy atom. The Hall–Kier alpha value is -0.810. The molecule has 5 heteroatoms. The van der Waals surface area contributed by atoms with Crippen molar-refractivity contribution in [3.63, 3.8) is 0 Å². The third-order valence-electron chi connectivity index (χ3n) is 4.85. The van der Waals surface area contributed by atoms with Crippen molar-refractivity contribution in [2.24, 2.45) is 5.92 Å². The van der Waals surface area contributed by atoms with Crippen LogP contribution in [0.1, 0.15) is 60.3 Å². The van der Waals surface area contributed by atoms with Gasteiger partial charge in [0.05, 0.1) is 5.54 Å². The van der Waals surface area contributed by atoms with E-state index in [2.05, 4.69) is 36.4 Å². The molecule has 23 heavy (non-hydrogen) atoms. The van der Waals surface area contributed by atoms with Crippen molar-refractivity contribution in [3.05, 3.63) is 0 Å². The minimum atomic E-state index is -0.459. The normalized spacial score (nSPS) is 18.0. The first-order valence-electron chi connectivity index (χ1n) is 9.10. The molecule has 0 aromatic carbocycles. The standard InChI is InChI=1S/C18H37N3O2/c1-7-18(8-2,20-16(22)23-17(3,4)5)14-19-13-15-9-11-21(6)12-10-15/h15,19H,7-14H2,1-6H3,(H,20,22). The summed E-state index contributed by atoms with van der Waals surface area (Å²) in [6.45, 7) is 14.1. The summed E-state index contributed by atoms with van der Waals surface area (Å²) in [5.41, 5.74) is -0.688. The molecule has 1 heterocycles. The van der Waals surface area contributed by atoms with E-state index < -0.39 is 5.60 Å². The molecule has 5 nitrogen and oxygen atoms in total. The van der Waals surface area contributed by atoms with Crippen molar-refractivity contribution in [3.8, 4) is 0 Å². The van der Waals surface area contributed by atoms with E-state index in [0.29, 0.717) is 0 Å². The highest BCUT2D eigenvalue weighted by atomic mass is 16.6. The minimum Gasteiger partial charge on any atom is -0.444 e. The quantitative estimate of drug-likeness (QED) is 0.755. The van der Waals surface area contributed by atoms with Gasteiger partial charge in [0.15, 0.2) is 0 Å². The number of carbonyl (C=O) groups is 1. The summed E-state index contributed by atoms with van der Waals surface area (Å²) in [5, 5.41) is 6.69. The molecule has 0 aliphatic carbocycles. The molecule has 0 aromatic heterocycles. The Balaban J connectivity index is 2.44. The molecule has 0 spiro atoms. The molecule has 0 atom stereocenters. The first-order valence-corrected chi connectivity index (χ1v) is 9.10. The molecule has 0 aromatic rings. The number of hydrogen-bond acceptors (Lipinski definition) is 4. The second-order valence-corrected chi connectivity index (χ2v) is 7.99. The van der Waals surface area contributed by atoms with Gasteiger partial charge in [-0.25, -0.2) is 4.79 Å². The van der Waals surface area contributed by atoms with E-state index in [9.17, 15) is 4.79 Å². The summed E-state index contributed by atoms with van der Waals surface area (Å²) >= 11 is 0.